The average Bonchev–Trinajstić information content (AvgIpc) is 2.67. The minimum absolute atomic E-state index is 0.0581. The highest BCUT2D eigenvalue weighted by molar-refractivity contribution is 5.93. The maximum absolute atomic E-state index is 11.0. The van der Waals surface area contributed by atoms with E-state index in [-0.39, 0.29) is 11.3 Å². The summed E-state index contributed by atoms with van der Waals surface area (Å²) in [5, 5.41) is 2.63. The summed E-state index contributed by atoms with van der Waals surface area (Å²) in [5.74, 6) is -0.207. The Morgan fingerprint density at radius 2 is 1.95 bits per heavy atom. The number of hydrogen-bond acceptors (Lipinski definition) is 2. The van der Waals surface area contributed by atoms with E-state index in [1.807, 2.05) is 0 Å². The summed E-state index contributed by atoms with van der Waals surface area (Å²) in [4.78, 5) is 13.4. The van der Waals surface area contributed by atoms with Gasteiger partial charge in [0.25, 0.3) is 0 Å². The number of carbonyl (C=O) groups is 1. The zero-order valence-electron chi connectivity index (χ0n) is 13.6. The van der Waals surface area contributed by atoms with Crippen LogP contribution in [-0.2, 0) is 10.2 Å². The predicted octanol–water partition coefficient (Wildman–Crippen LogP) is 3.59. The average molecular weight is 296 g/mol. The van der Waals surface area contributed by atoms with Crippen molar-refractivity contribution < 1.29 is 4.79 Å². The van der Waals surface area contributed by atoms with E-state index in [1.165, 1.54) is 22.0 Å². The SMILES string of the molecule is CN1c2ccc3ccccc3c2C(C)(C)C1CCCC(N)=O. The maximum atomic E-state index is 11.0. The molecule has 22 heavy (non-hydrogen) atoms. The van der Waals surface area contributed by atoms with Gasteiger partial charge in [0, 0.05) is 30.6 Å². The van der Waals surface area contributed by atoms with Crippen LogP contribution in [0.4, 0.5) is 5.69 Å². The molecule has 0 aliphatic carbocycles. The molecule has 0 bridgehead atoms. The van der Waals surface area contributed by atoms with Crippen LogP contribution in [0, 0.1) is 0 Å². The quantitative estimate of drug-likeness (QED) is 0.937. The third-order valence-electron chi connectivity index (χ3n) is 5.13. The first-order valence-corrected chi connectivity index (χ1v) is 7.96. The Kier molecular flexibility index (Phi) is 3.59. The molecule has 1 heterocycles. The van der Waals surface area contributed by atoms with Gasteiger partial charge in [-0.25, -0.2) is 0 Å². The van der Waals surface area contributed by atoms with E-state index >= 15 is 0 Å². The van der Waals surface area contributed by atoms with Crippen molar-refractivity contribution in [3.63, 3.8) is 0 Å². The molecule has 1 atom stereocenters. The lowest BCUT2D eigenvalue weighted by Gasteiger charge is -2.32. The first kappa shape index (κ1) is 14.9. The molecule has 2 N–H and O–H groups in total. The number of fused-ring (bicyclic) bond motifs is 3. The van der Waals surface area contributed by atoms with Crippen molar-refractivity contribution in [3.8, 4) is 0 Å². The number of benzene rings is 2. The largest absolute Gasteiger partial charge is 0.370 e. The fourth-order valence-electron chi connectivity index (χ4n) is 4.07. The van der Waals surface area contributed by atoms with Gasteiger partial charge < -0.3 is 10.6 Å². The van der Waals surface area contributed by atoms with E-state index in [1.54, 1.807) is 0 Å². The van der Waals surface area contributed by atoms with Gasteiger partial charge in [-0.3, -0.25) is 4.79 Å². The Morgan fingerprint density at radius 3 is 2.68 bits per heavy atom. The normalized spacial score (nSPS) is 19.4. The molecule has 1 unspecified atom stereocenters. The minimum atomic E-state index is -0.207. The van der Waals surface area contributed by atoms with E-state index in [2.05, 4.69) is 62.2 Å². The van der Waals surface area contributed by atoms with Crippen molar-refractivity contribution in [1.82, 2.24) is 0 Å². The van der Waals surface area contributed by atoms with Crippen LogP contribution in [0.2, 0.25) is 0 Å². The van der Waals surface area contributed by atoms with E-state index in [0.717, 1.165) is 12.8 Å². The van der Waals surface area contributed by atoms with Gasteiger partial charge in [-0.1, -0.05) is 44.2 Å². The van der Waals surface area contributed by atoms with Gasteiger partial charge in [-0.2, -0.15) is 0 Å². The Morgan fingerprint density at radius 1 is 1.23 bits per heavy atom. The van der Waals surface area contributed by atoms with Gasteiger partial charge in [0.2, 0.25) is 5.91 Å². The number of amides is 1. The molecule has 0 saturated heterocycles. The Hall–Kier alpha value is -2.03. The molecule has 2 aromatic rings. The van der Waals surface area contributed by atoms with Gasteiger partial charge in [0.1, 0.15) is 0 Å². The van der Waals surface area contributed by atoms with Crippen LogP contribution in [0.15, 0.2) is 36.4 Å². The maximum Gasteiger partial charge on any atom is 0.217 e. The molecule has 1 aliphatic heterocycles. The number of hydrogen-bond donors (Lipinski definition) is 1. The van der Waals surface area contributed by atoms with E-state index in [4.69, 9.17) is 5.73 Å². The zero-order valence-corrected chi connectivity index (χ0v) is 13.6. The summed E-state index contributed by atoms with van der Waals surface area (Å²) in [6.07, 6.45) is 2.30. The van der Waals surface area contributed by atoms with Crippen molar-refractivity contribution in [3.05, 3.63) is 42.0 Å². The second-order valence-electron chi connectivity index (χ2n) is 6.89. The van der Waals surface area contributed by atoms with Crippen LogP contribution >= 0.6 is 0 Å². The van der Waals surface area contributed by atoms with E-state index < -0.39 is 0 Å². The summed E-state index contributed by atoms with van der Waals surface area (Å²) >= 11 is 0. The first-order chi connectivity index (χ1) is 10.4. The molecule has 1 aliphatic rings. The summed E-state index contributed by atoms with van der Waals surface area (Å²) in [6, 6.07) is 13.4. The van der Waals surface area contributed by atoms with Gasteiger partial charge >= 0.3 is 0 Å². The fourth-order valence-corrected chi connectivity index (χ4v) is 4.07. The van der Waals surface area contributed by atoms with E-state index in [0.29, 0.717) is 12.5 Å². The van der Waals surface area contributed by atoms with Crippen LogP contribution in [0.25, 0.3) is 10.8 Å². The zero-order chi connectivity index (χ0) is 15.9. The topological polar surface area (TPSA) is 46.3 Å². The molecule has 0 radical (unpaired) electrons. The minimum Gasteiger partial charge on any atom is -0.370 e. The van der Waals surface area contributed by atoms with Crippen LogP contribution in [0.1, 0.15) is 38.7 Å². The number of primary amides is 1. The third kappa shape index (κ3) is 2.25. The van der Waals surface area contributed by atoms with Gasteiger partial charge in [-0.05, 0) is 35.2 Å². The molecule has 2 aromatic carbocycles. The number of carbonyl (C=O) groups excluding carboxylic acids is 1. The smallest absolute Gasteiger partial charge is 0.217 e. The second-order valence-corrected chi connectivity index (χ2v) is 6.89. The summed E-state index contributed by atoms with van der Waals surface area (Å²) < 4.78 is 0. The lowest BCUT2D eigenvalue weighted by atomic mass is 9.77. The van der Waals surface area contributed by atoms with E-state index in [9.17, 15) is 4.79 Å². The predicted molar refractivity (Wildman–Crippen MR) is 92.2 cm³/mol. The van der Waals surface area contributed by atoms with Crippen LogP contribution in [-0.4, -0.2) is 19.0 Å². The highest BCUT2D eigenvalue weighted by atomic mass is 16.1. The highest BCUT2D eigenvalue weighted by Crippen LogP contribution is 2.49. The molecule has 0 saturated carbocycles. The standard InChI is InChI=1S/C19H24N2O/c1-19(2)16(9-6-10-17(20)22)21(3)15-12-11-13-7-4-5-8-14(13)18(15)19/h4-5,7-8,11-12,16H,6,9-10H2,1-3H3,(H2,20,22). The summed E-state index contributed by atoms with van der Waals surface area (Å²) in [5.41, 5.74) is 8.08. The monoisotopic (exact) mass is 296 g/mol. The molecule has 0 fully saturated rings. The fraction of sp³-hybridized carbons (Fsp3) is 0.421. The van der Waals surface area contributed by atoms with Crippen molar-refractivity contribution in [2.75, 3.05) is 11.9 Å². The Bertz CT molecular complexity index is 720. The van der Waals surface area contributed by atoms with Crippen molar-refractivity contribution >= 4 is 22.4 Å². The molecule has 3 heteroatoms. The molecule has 1 amide bonds. The number of nitrogens with two attached hydrogens (primary N) is 1. The Labute approximate surface area is 132 Å². The van der Waals surface area contributed by atoms with Gasteiger partial charge in [-0.15, -0.1) is 0 Å². The van der Waals surface area contributed by atoms with Crippen molar-refractivity contribution in [1.29, 1.82) is 0 Å². The number of anilines is 1. The van der Waals surface area contributed by atoms with Crippen molar-refractivity contribution in [2.45, 2.75) is 44.6 Å². The lowest BCUT2D eigenvalue weighted by Crippen LogP contribution is -2.39. The second kappa shape index (κ2) is 5.31. The number of nitrogens with zero attached hydrogens (tertiary/aromatic N) is 1. The highest BCUT2D eigenvalue weighted by Gasteiger charge is 2.43. The molecule has 116 valence electrons. The molecule has 3 nitrogen and oxygen atoms in total. The van der Waals surface area contributed by atoms with Gasteiger partial charge in [0.05, 0.1) is 0 Å². The first-order valence-electron chi connectivity index (χ1n) is 7.96. The lowest BCUT2D eigenvalue weighted by molar-refractivity contribution is -0.118. The summed E-state index contributed by atoms with van der Waals surface area (Å²) in [6.45, 7) is 4.63. The molecule has 0 spiro atoms. The third-order valence-corrected chi connectivity index (χ3v) is 5.13. The van der Waals surface area contributed by atoms with Crippen molar-refractivity contribution in [2.24, 2.45) is 5.73 Å². The van der Waals surface area contributed by atoms with Crippen LogP contribution in [0.3, 0.4) is 0 Å². The molecule has 3 rings (SSSR count). The number of rotatable bonds is 4. The van der Waals surface area contributed by atoms with Crippen LogP contribution < -0.4 is 10.6 Å². The van der Waals surface area contributed by atoms with Crippen LogP contribution in [0.5, 0.6) is 0 Å². The summed E-state index contributed by atoms with van der Waals surface area (Å²) in [7, 11) is 2.16. The molecular weight excluding hydrogens is 272 g/mol. The molecule has 0 aromatic heterocycles. The Balaban J connectivity index is 2.01. The number of likely N-dealkylation sites (N-methyl/N-ethyl adjacent to an activating group) is 1. The molecular formula is C19H24N2O. The van der Waals surface area contributed by atoms with Gasteiger partial charge in [0.15, 0.2) is 0 Å².